The third-order valence-electron chi connectivity index (χ3n) is 3.23. The molecule has 0 aromatic heterocycles. The predicted molar refractivity (Wildman–Crippen MR) is 86.7 cm³/mol. The first-order valence-corrected chi connectivity index (χ1v) is 8.42. The zero-order valence-electron chi connectivity index (χ0n) is 14.0. The summed E-state index contributed by atoms with van der Waals surface area (Å²) in [5.41, 5.74) is -0.524. The van der Waals surface area contributed by atoms with E-state index in [1.807, 2.05) is 20.8 Å². The minimum absolute atomic E-state index is 0.0792. The number of thioether (sulfide) groups is 1. The number of likely N-dealkylation sites (tertiary alicyclic amines) is 1. The molecule has 1 fully saturated rings. The Balaban J connectivity index is 2.36. The first-order valence-electron chi connectivity index (χ1n) is 7.43. The van der Waals surface area contributed by atoms with E-state index in [0.29, 0.717) is 31.8 Å². The van der Waals surface area contributed by atoms with Crippen LogP contribution in [0.1, 0.15) is 34.1 Å². The average Bonchev–Trinajstić information content (AvgIpc) is 2.72. The number of carbonyl (C=O) groups is 3. The van der Waals surface area contributed by atoms with Gasteiger partial charge >= 0.3 is 6.09 Å². The van der Waals surface area contributed by atoms with Crippen molar-refractivity contribution in [3.8, 4) is 0 Å². The van der Waals surface area contributed by atoms with Gasteiger partial charge < -0.3 is 14.5 Å². The standard InChI is InChI=1S/C15H26N2O4S/c1-11(18)22-10-12-8-13(19)17(9-12)7-6-16(5)14(20)21-15(2,3)4/h12H,6-10H2,1-5H3. The van der Waals surface area contributed by atoms with Crippen molar-refractivity contribution in [1.29, 1.82) is 0 Å². The first-order chi connectivity index (χ1) is 10.1. The van der Waals surface area contributed by atoms with E-state index in [-0.39, 0.29) is 23.0 Å². The van der Waals surface area contributed by atoms with Gasteiger partial charge in [0.2, 0.25) is 5.91 Å². The molecule has 2 amide bonds. The van der Waals surface area contributed by atoms with Crippen LogP contribution in [0.4, 0.5) is 4.79 Å². The molecule has 0 N–H and O–H groups in total. The summed E-state index contributed by atoms with van der Waals surface area (Å²) in [6.45, 7) is 8.58. The second-order valence-corrected chi connectivity index (χ2v) is 7.81. The van der Waals surface area contributed by atoms with E-state index in [9.17, 15) is 14.4 Å². The molecule has 1 aliphatic heterocycles. The van der Waals surface area contributed by atoms with Crippen LogP contribution in [0.5, 0.6) is 0 Å². The summed E-state index contributed by atoms with van der Waals surface area (Å²) < 4.78 is 5.27. The van der Waals surface area contributed by atoms with Crippen molar-refractivity contribution in [1.82, 2.24) is 9.80 Å². The molecule has 6 nitrogen and oxygen atoms in total. The second kappa shape index (κ2) is 7.85. The van der Waals surface area contributed by atoms with Gasteiger partial charge in [0.15, 0.2) is 5.12 Å². The number of nitrogens with zero attached hydrogens (tertiary/aromatic N) is 2. The van der Waals surface area contributed by atoms with Crippen molar-refractivity contribution >= 4 is 28.9 Å². The maximum absolute atomic E-state index is 11.9. The van der Waals surface area contributed by atoms with E-state index in [4.69, 9.17) is 4.74 Å². The summed E-state index contributed by atoms with van der Waals surface area (Å²) in [6, 6.07) is 0. The molecular formula is C15H26N2O4S. The molecule has 22 heavy (non-hydrogen) atoms. The predicted octanol–water partition coefficient (Wildman–Crippen LogP) is 1.98. The maximum atomic E-state index is 11.9. The normalized spacial score (nSPS) is 18.5. The average molecular weight is 330 g/mol. The van der Waals surface area contributed by atoms with Gasteiger partial charge in [0, 0.05) is 45.8 Å². The molecule has 0 aromatic carbocycles. The summed E-state index contributed by atoms with van der Waals surface area (Å²) in [6.07, 6.45) is 0.0963. The molecule has 1 unspecified atom stereocenters. The molecule has 126 valence electrons. The largest absolute Gasteiger partial charge is 0.444 e. The Morgan fingerprint density at radius 2 is 2.05 bits per heavy atom. The Labute approximate surface area is 136 Å². The van der Waals surface area contributed by atoms with Crippen LogP contribution in [0.3, 0.4) is 0 Å². The van der Waals surface area contributed by atoms with Crippen LogP contribution in [0.25, 0.3) is 0 Å². The molecule has 1 aliphatic rings. The van der Waals surface area contributed by atoms with Crippen LogP contribution >= 0.6 is 11.8 Å². The van der Waals surface area contributed by atoms with Crippen molar-refractivity contribution in [3.05, 3.63) is 0 Å². The van der Waals surface area contributed by atoms with Gasteiger partial charge in [0.05, 0.1) is 0 Å². The molecule has 0 aliphatic carbocycles. The quantitative estimate of drug-likeness (QED) is 0.771. The van der Waals surface area contributed by atoms with Gasteiger partial charge in [-0.2, -0.15) is 0 Å². The monoisotopic (exact) mass is 330 g/mol. The number of likely N-dealkylation sites (N-methyl/N-ethyl adjacent to an activating group) is 1. The number of hydrogen-bond donors (Lipinski definition) is 0. The molecule has 0 aromatic rings. The van der Waals surface area contributed by atoms with Crippen molar-refractivity contribution < 1.29 is 19.1 Å². The van der Waals surface area contributed by atoms with E-state index in [0.717, 1.165) is 0 Å². The van der Waals surface area contributed by atoms with E-state index in [1.165, 1.54) is 23.6 Å². The van der Waals surface area contributed by atoms with E-state index < -0.39 is 5.60 Å². The number of carbonyl (C=O) groups excluding carboxylic acids is 3. The van der Waals surface area contributed by atoms with Crippen LogP contribution in [-0.2, 0) is 14.3 Å². The Kier molecular flexibility index (Phi) is 6.71. The molecule has 1 heterocycles. The maximum Gasteiger partial charge on any atom is 0.410 e. The fraction of sp³-hybridized carbons (Fsp3) is 0.800. The van der Waals surface area contributed by atoms with E-state index in [1.54, 1.807) is 11.9 Å². The minimum atomic E-state index is -0.524. The van der Waals surface area contributed by atoms with Crippen LogP contribution in [-0.4, -0.2) is 65.0 Å². The summed E-state index contributed by atoms with van der Waals surface area (Å²) >= 11 is 1.27. The summed E-state index contributed by atoms with van der Waals surface area (Å²) in [5, 5.41) is 0.0792. The zero-order chi connectivity index (χ0) is 16.9. The number of hydrogen-bond acceptors (Lipinski definition) is 5. The highest BCUT2D eigenvalue weighted by Gasteiger charge is 2.30. The lowest BCUT2D eigenvalue weighted by molar-refractivity contribution is -0.127. The number of rotatable bonds is 5. The van der Waals surface area contributed by atoms with Gasteiger partial charge in [-0.05, 0) is 26.7 Å². The SMILES string of the molecule is CC(=O)SCC1CC(=O)N(CCN(C)C(=O)OC(C)(C)C)C1. The van der Waals surface area contributed by atoms with Crippen LogP contribution in [0, 0.1) is 5.92 Å². The van der Waals surface area contributed by atoms with Crippen molar-refractivity contribution in [2.45, 2.75) is 39.7 Å². The third kappa shape index (κ3) is 6.68. The van der Waals surface area contributed by atoms with Crippen LogP contribution in [0.15, 0.2) is 0 Å². The molecular weight excluding hydrogens is 304 g/mol. The second-order valence-electron chi connectivity index (χ2n) is 6.61. The van der Waals surface area contributed by atoms with Gasteiger partial charge in [-0.25, -0.2) is 4.79 Å². The highest BCUT2D eigenvalue weighted by atomic mass is 32.2. The Bertz CT molecular complexity index is 434. The van der Waals surface area contributed by atoms with Crippen molar-refractivity contribution in [2.24, 2.45) is 5.92 Å². The molecule has 0 saturated carbocycles. The van der Waals surface area contributed by atoms with Gasteiger partial charge in [-0.1, -0.05) is 11.8 Å². The highest BCUT2D eigenvalue weighted by Crippen LogP contribution is 2.22. The lowest BCUT2D eigenvalue weighted by Crippen LogP contribution is -2.39. The van der Waals surface area contributed by atoms with Crippen molar-refractivity contribution in [2.75, 3.05) is 32.4 Å². The van der Waals surface area contributed by atoms with Crippen LogP contribution in [0.2, 0.25) is 0 Å². The topological polar surface area (TPSA) is 66.9 Å². The molecule has 0 radical (unpaired) electrons. The molecule has 0 spiro atoms. The molecule has 0 bridgehead atoms. The zero-order valence-corrected chi connectivity index (χ0v) is 14.9. The van der Waals surface area contributed by atoms with Gasteiger partial charge in [-0.3, -0.25) is 9.59 Å². The molecule has 1 rings (SSSR count). The Morgan fingerprint density at radius 3 is 2.59 bits per heavy atom. The fourth-order valence-electron chi connectivity index (χ4n) is 2.12. The Hall–Kier alpha value is -1.24. The number of ether oxygens (including phenoxy) is 1. The Morgan fingerprint density at radius 1 is 1.41 bits per heavy atom. The summed E-state index contributed by atoms with van der Waals surface area (Å²) in [5.74, 6) is 0.986. The van der Waals surface area contributed by atoms with Crippen molar-refractivity contribution in [3.63, 3.8) is 0 Å². The lowest BCUT2D eigenvalue weighted by atomic mass is 10.1. The van der Waals surface area contributed by atoms with Crippen LogP contribution < -0.4 is 0 Å². The van der Waals surface area contributed by atoms with Gasteiger partial charge in [-0.15, -0.1) is 0 Å². The minimum Gasteiger partial charge on any atom is -0.444 e. The van der Waals surface area contributed by atoms with E-state index in [2.05, 4.69) is 0 Å². The van der Waals surface area contributed by atoms with E-state index >= 15 is 0 Å². The molecule has 1 saturated heterocycles. The summed E-state index contributed by atoms with van der Waals surface area (Å²) in [7, 11) is 1.66. The smallest absolute Gasteiger partial charge is 0.410 e. The molecule has 7 heteroatoms. The van der Waals surface area contributed by atoms with Gasteiger partial charge in [0.25, 0.3) is 0 Å². The fourth-order valence-corrected chi connectivity index (χ4v) is 2.81. The molecule has 1 atom stereocenters. The first kappa shape index (κ1) is 18.8. The summed E-state index contributed by atoms with van der Waals surface area (Å²) in [4.78, 5) is 38.0. The highest BCUT2D eigenvalue weighted by molar-refractivity contribution is 8.13. The van der Waals surface area contributed by atoms with Gasteiger partial charge in [0.1, 0.15) is 5.60 Å². The number of amides is 2. The lowest BCUT2D eigenvalue weighted by Gasteiger charge is -2.26. The third-order valence-corrected chi connectivity index (χ3v) is 4.27.